The van der Waals surface area contributed by atoms with Gasteiger partial charge in [-0.25, -0.2) is 15.0 Å². The molecule has 1 aromatic carbocycles. The Balaban J connectivity index is 2.14. The average molecular weight is 244 g/mol. The Labute approximate surface area is 101 Å². The molecule has 0 aliphatic heterocycles. The van der Waals surface area contributed by atoms with E-state index in [1.807, 2.05) is 6.07 Å². The first-order chi connectivity index (χ1) is 8.22. The fraction of sp³-hybridized carbons (Fsp3) is 0. The fourth-order valence-corrected chi connectivity index (χ4v) is 2.41. The standard InChI is InChI=1S/C11H8N4OS/c12-11-13-4-6(5-14-11)10-15-8-3-7(16)1-2-9(8)17-10/h1-5,16H,(H2,12,13,14). The zero-order valence-corrected chi connectivity index (χ0v) is 9.48. The van der Waals surface area contributed by atoms with Crippen LogP contribution in [0.1, 0.15) is 0 Å². The number of hydrogen-bond acceptors (Lipinski definition) is 6. The van der Waals surface area contributed by atoms with Crippen molar-refractivity contribution in [3.05, 3.63) is 30.6 Å². The van der Waals surface area contributed by atoms with Crippen molar-refractivity contribution in [2.24, 2.45) is 0 Å². The van der Waals surface area contributed by atoms with Crippen LogP contribution < -0.4 is 5.73 Å². The van der Waals surface area contributed by atoms with Gasteiger partial charge in [-0.2, -0.15) is 0 Å². The molecule has 3 N–H and O–H groups in total. The number of fused-ring (bicyclic) bond motifs is 1. The molecule has 84 valence electrons. The van der Waals surface area contributed by atoms with E-state index in [1.54, 1.807) is 24.5 Å². The van der Waals surface area contributed by atoms with Gasteiger partial charge < -0.3 is 10.8 Å². The molecule has 0 saturated heterocycles. The van der Waals surface area contributed by atoms with Crippen molar-refractivity contribution in [1.29, 1.82) is 0 Å². The molecule has 0 spiro atoms. The third kappa shape index (κ3) is 1.78. The predicted octanol–water partition coefficient (Wildman–Crippen LogP) is 2.04. The Hall–Kier alpha value is -2.21. The third-order valence-corrected chi connectivity index (χ3v) is 3.38. The molecule has 2 heterocycles. The van der Waals surface area contributed by atoms with Crippen LogP contribution in [0, 0.1) is 0 Å². The zero-order valence-electron chi connectivity index (χ0n) is 8.66. The van der Waals surface area contributed by atoms with Gasteiger partial charge in [0.2, 0.25) is 5.95 Å². The summed E-state index contributed by atoms with van der Waals surface area (Å²) >= 11 is 1.52. The number of aromatic nitrogens is 3. The number of nitrogens with zero attached hydrogens (tertiary/aromatic N) is 3. The summed E-state index contributed by atoms with van der Waals surface area (Å²) in [4.78, 5) is 12.3. The number of hydrogen-bond donors (Lipinski definition) is 2. The summed E-state index contributed by atoms with van der Waals surface area (Å²) in [7, 11) is 0. The molecule has 0 radical (unpaired) electrons. The molecule has 0 saturated carbocycles. The van der Waals surface area contributed by atoms with Crippen molar-refractivity contribution in [3.8, 4) is 16.3 Å². The highest BCUT2D eigenvalue weighted by Gasteiger charge is 2.07. The van der Waals surface area contributed by atoms with E-state index in [1.165, 1.54) is 11.3 Å². The number of aromatic hydroxyl groups is 1. The van der Waals surface area contributed by atoms with Crippen LogP contribution >= 0.6 is 11.3 Å². The number of phenolic OH excluding ortho intramolecular Hbond substituents is 1. The van der Waals surface area contributed by atoms with Crippen LogP contribution in [0.15, 0.2) is 30.6 Å². The van der Waals surface area contributed by atoms with Gasteiger partial charge in [0.15, 0.2) is 0 Å². The van der Waals surface area contributed by atoms with Crippen LogP contribution in [0.2, 0.25) is 0 Å². The van der Waals surface area contributed by atoms with E-state index in [2.05, 4.69) is 15.0 Å². The lowest BCUT2D eigenvalue weighted by atomic mass is 10.3. The maximum absolute atomic E-state index is 9.37. The van der Waals surface area contributed by atoms with E-state index in [-0.39, 0.29) is 11.7 Å². The molecule has 0 fully saturated rings. The van der Waals surface area contributed by atoms with E-state index in [0.29, 0.717) is 0 Å². The maximum atomic E-state index is 9.37. The van der Waals surface area contributed by atoms with Gasteiger partial charge in [-0.1, -0.05) is 0 Å². The molecule has 0 amide bonds. The minimum atomic E-state index is 0.211. The molecule has 5 nitrogen and oxygen atoms in total. The highest BCUT2D eigenvalue weighted by Crippen LogP contribution is 2.31. The van der Waals surface area contributed by atoms with Crippen LogP contribution in [-0.4, -0.2) is 20.1 Å². The maximum Gasteiger partial charge on any atom is 0.219 e. The van der Waals surface area contributed by atoms with Gasteiger partial charge >= 0.3 is 0 Å². The number of nitrogen functional groups attached to an aromatic ring is 1. The lowest BCUT2D eigenvalue weighted by Gasteiger charge is -1.94. The molecule has 6 heteroatoms. The average Bonchev–Trinajstić information content (AvgIpc) is 2.72. The highest BCUT2D eigenvalue weighted by atomic mass is 32.1. The number of phenols is 1. The number of rotatable bonds is 1. The van der Waals surface area contributed by atoms with Crippen LogP contribution in [0.4, 0.5) is 5.95 Å². The second-order valence-electron chi connectivity index (χ2n) is 3.50. The van der Waals surface area contributed by atoms with Gasteiger partial charge in [0.05, 0.1) is 10.2 Å². The normalized spacial score (nSPS) is 10.8. The summed E-state index contributed by atoms with van der Waals surface area (Å²) in [6.07, 6.45) is 3.28. The molecule has 0 unspecified atom stereocenters. The zero-order chi connectivity index (χ0) is 11.8. The Kier molecular flexibility index (Phi) is 2.15. The van der Waals surface area contributed by atoms with Crippen LogP contribution in [0.5, 0.6) is 5.75 Å². The Morgan fingerprint density at radius 1 is 1.18 bits per heavy atom. The van der Waals surface area contributed by atoms with Gasteiger partial charge in [-0.05, 0) is 12.1 Å². The SMILES string of the molecule is Nc1ncc(-c2nc3cc(O)ccc3s2)cn1. The van der Waals surface area contributed by atoms with Gasteiger partial charge in [-0.3, -0.25) is 0 Å². The second-order valence-corrected chi connectivity index (χ2v) is 4.53. The summed E-state index contributed by atoms with van der Waals surface area (Å²) in [5, 5.41) is 10.2. The van der Waals surface area contributed by atoms with Crippen molar-refractivity contribution in [2.75, 3.05) is 5.73 Å². The van der Waals surface area contributed by atoms with Crippen LogP contribution in [0.25, 0.3) is 20.8 Å². The lowest BCUT2D eigenvalue weighted by molar-refractivity contribution is 0.476. The summed E-state index contributed by atoms with van der Waals surface area (Å²) in [6.45, 7) is 0. The molecule has 2 aromatic heterocycles. The number of thiazole rings is 1. The summed E-state index contributed by atoms with van der Waals surface area (Å²) in [6, 6.07) is 5.11. The van der Waals surface area contributed by atoms with Crippen molar-refractivity contribution in [1.82, 2.24) is 15.0 Å². The van der Waals surface area contributed by atoms with E-state index >= 15 is 0 Å². The molecule has 17 heavy (non-hydrogen) atoms. The molecule has 0 atom stereocenters. The first kappa shape index (κ1) is 9.98. The van der Waals surface area contributed by atoms with Gasteiger partial charge in [-0.15, -0.1) is 11.3 Å². The minimum absolute atomic E-state index is 0.211. The largest absolute Gasteiger partial charge is 0.508 e. The van der Waals surface area contributed by atoms with Crippen molar-refractivity contribution in [3.63, 3.8) is 0 Å². The van der Waals surface area contributed by atoms with E-state index < -0.39 is 0 Å². The predicted molar refractivity (Wildman–Crippen MR) is 66.7 cm³/mol. The molecule has 3 rings (SSSR count). The van der Waals surface area contributed by atoms with Gasteiger partial charge in [0.1, 0.15) is 10.8 Å². The summed E-state index contributed by atoms with van der Waals surface area (Å²) < 4.78 is 1.01. The first-order valence-electron chi connectivity index (χ1n) is 4.90. The number of nitrogens with two attached hydrogens (primary N) is 1. The quantitative estimate of drug-likeness (QED) is 0.684. The molecule has 0 aliphatic rings. The summed E-state index contributed by atoms with van der Waals surface area (Å²) in [5.74, 6) is 0.454. The molecular weight excluding hydrogens is 236 g/mol. The minimum Gasteiger partial charge on any atom is -0.508 e. The van der Waals surface area contributed by atoms with Crippen molar-refractivity contribution >= 4 is 27.5 Å². The Morgan fingerprint density at radius 3 is 2.71 bits per heavy atom. The molecule has 3 aromatic rings. The van der Waals surface area contributed by atoms with Crippen LogP contribution in [-0.2, 0) is 0 Å². The molecular formula is C11H8N4OS. The van der Waals surface area contributed by atoms with E-state index in [0.717, 1.165) is 20.8 Å². The number of benzene rings is 1. The smallest absolute Gasteiger partial charge is 0.219 e. The fourth-order valence-electron chi connectivity index (χ4n) is 1.49. The Bertz CT molecular complexity index is 678. The second kappa shape index (κ2) is 3.67. The van der Waals surface area contributed by atoms with Gasteiger partial charge in [0.25, 0.3) is 0 Å². The topological polar surface area (TPSA) is 84.9 Å². The summed E-state index contributed by atoms with van der Waals surface area (Å²) in [5.41, 5.74) is 7.01. The van der Waals surface area contributed by atoms with Crippen molar-refractivity contribution < 1.29 is 5.11 Å². The third-order valence-electron chi connectivity index (χ3n) is 2.29. The van der Waals surface area contributed by atoms with Crippen molar-refractivity contribution in [2.45, 2.75) is 0 Å². The first-order valence-corrected chi connectivity index (χ1v) is 5.71. The monoisotopic (exact) mass is 244 g/mol. The number of anilines is 1. The van der Waals surface area contributed by atoms with Crippen LogP contribution in [0.3, 0.4) is 0 Å². The molecule has 0 aliphatic carbocycles. The van der Waals surface area contributed by atoms with E-state index in [4.69, 9.17) is 5.73 Å². The molecule has 0 bridgehead atoms. The van der Waals surface area contributed by atoms with Gasteiger partial charge in [0, 0.05) is 24.0 Å². The van der Waals surface area contributed by atoms with E-state index in [9.17, 15) is 5.11 Å². The Morgan fingerprint density at radius 2 is 1.94 bits per heavy atom. The highest BCUT2D eigenvalue weighted by molar-refractivity contribution is 7.21. The lowest BCUT2D eigenvalue weighted by Crippen LogP contribution is -1.93.